The first-order chi connectivity index (χ1) is 15.8. The monoisotopic (exact) mass is 516 g/mol. The van der Waals surface area contributed by atoms with Crippen LogP contribution in [0, 0.1) is 17.3 Å². The first-order valence-electron chi connectivity index (χ1n) is 13.7. The minimum atomic E-state index is -1.59. The molecule has 4 rings (SSSR count). The Hall–Kier alpha value is -0.886. The molecule has 0 spiro atoms. The quantitative estimate of drug-likeness (QED) is 0.306. The van der Waals surface area contributed by atoms with E-state index in [1.54, 1.807) is 0 Å². The zero-order chi connectivity index (χ0) is 26.6. The van der Waals surface area contributed by atoms with Gasteiger partial charge in [-0.2, -0.15) is 0 Å². The summed E-state index contributed by atoms with van der Waals surface area (Å²) in [6.45, 7) is 25.5. The molecule has 3 aliphatic rings. The topological polar surface area (TPSA) is 49.7 Å². The molecule has 3 nitrogen and oxygen atoms in total. The first kappa shape index (κ1) is 28.7. The second-order valence-electron chi connectivity index (χ2n) is 14.7. The third kappa shape index (κ3) is 5.53. The Morgan fingerprint density at radius 3 is 2.03 bits per heavy atom. The minimum Gasteiger partial charge on any atom is -0.508 e. The number of aliphatic hydroxyl groups is 1. The van der Waals surface area contributed by atoms with Crippen LogP contribution in [0.2, 0.25) is 36.3 Å². The second-order valence-corrected chi connectivity index (χ2v) is 24.6. The van der Waals surface area contributed by atoms with Crippen LogP contribution in [0.3, 0.4) is 0 Å². The van der Waals surface area contributed by atoms with Gasteiger partial charge in [0, 0.05) is 5.41 Å². The summed E-state index contributed by atoms with van der Waals surface area (Å²) < 4.78 is 6.63. The maximum absolute atomic E-state index is 10.3. The largest absolute Gasteiger partial charge is 0.508 e. The number of aliphatic hydroxyl groups excluding tert-OH is 1. The molecular weight excluding hydrogens is 464 g/mol. The molecule has 3 aliphatic carbocycles. The van der Waals surface area contributed by atoms with E-state index >= 15 is 0 Å². The van der Waals surface area contributed by atoms with Crippen LogP contribution in [-0.4, -0.2) is 33.0 Å². The number of phenolic OH excluding ortho intramolecular Hbond substituents is 1. The molecule has 0 heterocycles. The van der Waals surface area contributed by atoms with Crippen molar-refractivity contribution in [3.8, 4) is 5.75 Å². The van der Waals surface area contributed by atoms with E-state index in [1.807, 2.05) is 18.2 Å². The Morgan fingerprint density at radius 1 is 0.914 bits per heavy atom. The summed E-state index contributed by atoms with van der Waals surface area (Å²) in [5.41, 5.74) is 2.82. The Bertz CT molecular complexity index is 914. The van der Waals surface area contributed by atoms with E-state index in [2.05, 4.69) is 86.8 Å². The van der Waals surface area contributed by atoms with Crippen molar-refractivity contribution in [3.63, 3.8) is 0 Å². The van der Waals surface area contributed by atoms with Crippen molar-refractivity contribution < 1.29 is 14.3 Å². The fraction of sp³-hybridized carbons (Fsp3) is 0.733. The highest BCUT2D eigenvalue weighted by atomic mass is 28.4. The summed E-state index contributed by atoms with van der Waals surface area (Å²) in [5, 5.41) is 20.6. The highest BCUT2D eigenvalue weighted by Gasteiger charge is 2.52. The van der Waals surface area contributed by atoms with Gasteiger partial charge in [-0.3, -0.25) is 0 Å². The third-order valence-corrected chi connectivity index (χ3v) is 21.6. The van der Waals surface area contributed by atoms with Crippen LogP contribution in [0.15, 0.2) is 30.4 Å². The van der Waals surface area contributed by atoms with Gasteiger partial charge in [-0.25, -0.2) is 0 Å². The van der Waals surface area contributed by atoms with Crippen molar-refractivity contribution in [1.29, 1.82) is 0 Å². The van der Waals surface area contributed by atoms with Gasteiger partial charge in [-0.1, -0.05) is 66.7 Å². The lowest BCUT2D eigenvalue weighted by molar-refractivity contribution is -0.0101. The summed E-state index contributed by atoms with van der Waals surface area (Å²) in [7, 11) is -3.18. The first-order valence-corrected chi connectivity index (χ1v) is 19.5. The number of rotatable bonds is 2. The zero-order valence-electron chi connectivity index (χ0n) is 24.3. The van der Waals surface area contributed by atoms with Crippen LogP contribution in [-0.2, 0) is 10.5 Å². The molecule has 0 unspecified atom stereocenters. The molecule has 1 saturated carbocycles. The molecule has 35 heavy (non-hydrogen) atoms. The van der Waals surface area contributed by atoms with Gasteiger partial charge in [0.1, 0.15) is 5.75 Å². The number of allylic oxidation sites excluding steroid dienone is 1. The molecule has 1 aromatic rings. The normalized spacial score (nSPS) is 30.6. The highest BCUT2D eigenvalue weighted by Crippen LogP contribution is 2.58. The fourth-order valence-electron chi connectivity index (χ4n) is 5.94. The van der Waals surface area contributed by atoms with E-state index in [0.717, 1.165) is 19.3 Å². The van der Waals surface area contributed by atoms with Crippen LogP contribution in [0.25, 0.3) is 0 Å². The summed E-state index contributed by atoms with van der Waals surface area (Å²) in [4.78, 5) is 0. The summed E-state index contributed by atoms with van der Waals surface area (Å²) in [6, 6.07) is 5.90. The predicted molar refractivity (Wildman–Crippen MR) is 154 cm³/mol. The molecule has 5 atom stereocenters. The molecular formula is C30H52O3Si2. The van der Waals surface area contributed by atoms with Crippen molar-refractivity contribution in [2.75, 3.05) is 0 Å². The smallest absolute Gasteiger partial charge is 0.178 e. The predicted octanol–water partition coefficient (Wildman–Crippen LogP) is 8.40. The molecule has 5 heteroatoms. The number of hydrogen-bond acceptors (Lipinski definition) is 3. The molecule has 0 aliphatic heterocycles. The van der Waals surface area contributed by atoms with Gasteiger partial charge in [-0.15, -0.1) is 0 Å². The van der Waals surface area contributed by atoms with Gasteiger partial charge in [0.05, 0.1) is 6.10 Å². The summed E-state index contributed by atoms with van der Waals surface area (Å²) in [6.07, 6.45) is 8.50. The average Bonchev–Trinajstić information content (AvgIpc) is 3.00. The van der Waals surface area contributed by atoms with Crippen molar-refractivity contribution in [1.82, 2.24) is 0 Å². The number of phenols is 1. The number of hydrogen-bond donors (Lipinski definition) is 2. The SMILES string of the molecule is CC(C)(C)[Si](C)(C)O[Si](C)(C)C(C)(C)C.C[C@]12CC[C@@H]3c4ccc(O)cc4CC[C@H]3[C@@H]1C=C[C@@H]2O. The van der Waals surface area contributed by atoms with E-state index in [4.69, 9.17) is 4.12 Å². The molecule has 2 N–H and O–H groups in total. The maximum Gasteiger partial charge on any atom is 0.178 e. The molecule has 198 valence electrons. The zero-order valence-corrected chi connectivity index (χ0v) is 26.3. The Morgan fingerprint density at radius 2 is 1.49 bits per heavy atom. The maximum atomic E-state index is 10.3. The van der Waals surface area contributed by atoms with E-state index in [1.165, 1.54) is 17.5 Å². The summed E-state index contributed by atoms with van der Waals surface area (Å²) in [5.74, 6) is 2.16. The van der Waals surface area contributed by atoms with Gasteiger partial charge >= 0.3 is 0 Å². The van der Waals surface area contributed by atoms with Crippen molar-refractivity contribution in [2.24, 2.45) is 17.3 Å². The lowest BCUT2D eigenvalue weighted by Gasteiger charge is -2.50. The Kier molecular flexibility index (Phi) is 7.74. The van der Waals surface area contributed by atoms with Crippen molar-refractivity contribution in [3.05, 3.63) is 41.5 Å². The van der Waals surface area contributed by atoms with E-state index in [-0.39, 0.29) is 11.5 Å². The number of aromatic hydroxyl groups is 1. The van der Waals surface area contributed by atoms with Gasteiger partial charge in [0.25, 0.3) is 0 Å². The fourth-order valence-corrected chi connectivity index (χ4v) is 13.5. The molecule has 0 radical (unpaired) electrons. The Balaban J connectivity index is 0.000000207. The second kappa shape index (κ2) is 9.45. The average molecular weight is 517 g/mol. The van der Waals surface area contributed by atoms with Gasteiger partial charge in [0.15, 0.2) is 16.6 Å². The highest BCUT2D eigenvalue weighted by molar-refractivity contribution is 6.87. The van der Waals surface area contributed by atoms with Gasteiger partial charge in [0.2, 0.25) is 0 Å². The van der Waals surface area contributed by atoms with Crippen LogP contribution >= 0.6 is 0 Å². The van der Waals surface area contributed by atoms with Crippen LogP contribution in [0.5, 0.6) is 5.75 Å². The minimum absolute atomic E-state index is 0.0512. The molecule has 0 saturated heterocycles. The van der Waals surface area contributed by atoms with Crippen LogP contribution in [0.1, 0.15) is 84.8 Å². The number of fused-ring (bicyclic) bond motifs is 5. The summed E-state index contributed by atoms with van der Waals surface area (Å²) >= 11 is 0. The van der Waals surface area contributed by atoms with Gasteiger partial charge < -0.3 is 14.3 Å². The molecule has 0 aromatic heterocycles. The number of benzene rings is 1. The van der Waals surface area contributed by atoms with Gasteiger partial charge in [-0.05, 0) is 103 Å². The third-order valence-electron chi connectivity index (χ3n) is 10.3. The molecule has 1 aromatic carbocycles. The standard InChI is InChI=1S/C18H22O2.C12H30OSi2/c1-18-9-8-14-13-5-3-12(19)10-11(13)2-4-15(14)16(18)6-7-17(18)20;1-11(2,3)14(7,8)13-15(9,10)12(4,5)6/h3,5-7,10,14-17,19-20H,2,4,8-9H2,1H3;1-10H3/t14-,15-,16+,17+,18+;/m1./s1. The lowest BCUT2D eigenvalue weighted by Crippen LogP contribution is -2.53. The Labute approximate surface area is 217 Å². The van der Waals surface area contributed by atoms with Crippen molar-refractivity contribution >= 4 is 16.6 Å². The molecule has 0 bridgehead atoms. The van der Waals surface area contributed by atoms with Crippen LogP contribution < -0.4 is 0 Å². The number of aryl methyl sites for hydroxylation is 1. The molecule has 0 amide bonds. The van der Waals surface area contributed by atoms with E-state index < -0.39 is 16.6 Å². The molecule has 1 fully saturated rings. The lowest BCUT2D eigenvalue weighted by atomic mass is 9.55. The van der Waals surface area contributed by atoms with E-state index in [9.17, 15) is 10.2 Å². The van der Waals surface area contributed by atoms with Crippen molar-refractivity contribution in [2.45, 2.75) is 122 Å². The van der Waals surface area contributed by atoms with E-state index in [0.29, 0.717) is 33.6 Å². The van der Waals surface area contributed by atoms with Crippen LogP contribution in [0.4, 0.5) is 0 Å².